The maximum atomic E-state index is 14.6. The Bertz CT molecular complexity index is 1640. The van der Waals surface area contributed by atoms with Gasteiger partial charge in [-0.25, -0.2) is 18.7 Å². The summed E-state index contributed by atoms with van der Waals surface area (Å²) in [7, 11) is 0. The predicted octanol–water partition coefficient (Wildman–Crippen LogP) is 1.77. The molecule has 0 bridgehead atoms. The average Bonchev–Trinajstić information content (AvgIpc) is 3.66. The van der Waals surface area contributed by atoms with Crippen LogP contribution in [0.2, 0.25) is 0 Å². The number of furan rings is 1. The van der Waals surface area contributed by atoms with Crippen molar-refractivity contribution in [2.24, 2.45) is 0 Å². The minimum atomic E-state index is -0.677. The minimum Gasteiger partial charge on any atom is -0.485 e. The van der Waals surface area contributed by atoms with Crippen LogP contribution < -0.4 is 20.7 Å². The number of benzene rings is 1. The molecule has 6 heterocycles. The number of piperazine rings is 1. The van der Waals surface area contributed by atoms with E-state index in [4.69, 9.17) is 14.9 Å². The van der Waals surface area contributed by atoms with Crippen LogP contribution in [0.1, 0.15) is 0 Å². The molecule has 2 fully saturated rings. The van der Waals surface area contributed by atoms with Gasteiger partial charge >= 0.3 is 0 Å². The quantitative estimate of drug-likeness (QED) is 0.318. The summed E-state index contributed by atoms with van der Waals surface area (Å²) in [6.07, 6.45) is 3.20. The van der Waals surface area contributed by atoms with Crippen molar-refractivity contribution < 1.29 is 17.9 Å². The van der Waals surface area contributed by atoms with Gasteiger partial charge in [-0.15, -0.1) is 5.10 Å². The fraction of sp³-hybridized carbons (Fsp3) is 0.360. The topological polar surface area (TPSA) is 128 Å². The lowest BCUT2D eigenvalue weighted by atomic mass is 10.2. The summed E-state index contributed by atoms with van der Waals surface area (Å²) < 4.78 is 43.4. The highest BCUT2D eigenvalue weighted by Crippen LogP contribution is 2.30. The van der Waals surface area contributed by atoms with Crippen molar-refractivity contribution in [2.75, 3.05) is 56.4 Å². The molecule has 12 nitrogen and oxygen atoms in total. The number of hydrogen-bond donors (Lipinski definition) is 2. The molecule has 2 aliphatic heterocycles. The molecule has 39 heavy (non-hydrogen) atoms. The number of ether oxygens (including phenoxy) is 1. The molecule has 7 rings (SSSR count). The number of aromatic nitrogens is 6. The molecule has 2 aliphatic rings. The summed E-state index contributed by atoms with van der Waals surface area (Å²) in [6, 6.07) is 5.94. The SMILES string of the molecule is Nc1nc2c(ncn2CCN2CCN(c3cc(OC4CNC4)c(F)cc3F)CC2)c2nc(-c3ccco3)nn12. The van der Waals surface area contributed by atoms with E-state index in [1.54, 1.807) is 24.7 Å². The Morgan fingerprint density at radius 3 is 2.64 bits per heavy atom. The van der Waals surface area contributed by atoms with Crippen LogP contribution in [0, 0.1) is 11.6 Å². The number of nitrogens with one attached hydrogen (secondary N) is 1. The van der Waals surface area contributed by atoms with Gasteiger partial charge in [0.15, 0.2) is 34.1 Å². The third kappa shape index (κ3) is 4.30. The summed E-state index contributed by atoms with van der Waals surface area (Å²) in [5, 5.41) is 7.49. The van der Waals surface area contributed by atoms with E-state index in [2.05, 4.69) is 30.3 Å². The molecule has 0 saturated carbocycles. The summed E-state index contributed by atoms with van der Waals surface area (Å²) in [5.41, 5.74) is 8.29. The van der Waals surface area contributed by atoms with E-state index >= 15 is 0 Å². The monoisotopic (exact) mass is 536 g/mol. The number of hydrogen-bond acceptors (Lipinski definition) is 10. The fourth-order valence-electron chi connectivity index (χ4n) is 4.94. The molecular formula is C25H26F2N10O2. The molecule has 0 amide bonds. The highest BCUT2D eigenvalue weighted by molar-refractivity contribution is 5.87. The van der Waals surface area contributed by atoms with E-state index < -0.39 is 11.6 Å². The second-order valence-corrected chi connectivity index (χ2v) is 9.69. The Hall–Kier alpha value is -4.30. The number of imidazole rings is 1. The second kappa shape index (κ2) is 9.47. The highest BCUT2D eigenvalue weighted by atomic mass is 19.1. The highest BCUT2D eigenvalue weighted by Gasteiger charge is 2.25. The first-order valence-corrected chi connectivity index (χ1v) is 12.8. The lowest BCUT2D eigenvalue weighted by molar-refractivity contribution is 0.136. The van der Waals surface area contributed by atoms with Crippen molar-refractivity contribution in [3.63, 3.8) is 0 Å². The second-order valence-electron chi connectivity index (χ2n) is 9.69. The van der Waals surface area contributed by atoms with Gasteiger partial charge < -0.3 is 29.7 Å². The maximum absolute atomic E-state index is 14.6. The Morgan fingerprint density at radius 1 is 1.05 bits per heavy atom. The summed E-state index contributed by atoms with van der Waals surface area (Å²) in [5.74, 6) is -0.0177. The van der Waals surface area contributed by atoms with Crippen LogP contribution in [-0.2, 0) is 6.54 Å². The Morgan fingerprint density at radius 2 is 1.90 bits per heavy atom. The molecular weight excluding hydrogens is 510 g/mol. The van der Waals surface area contributed by atoms with E-state index in [1.807, 2.05) is 9.47 Å². The van der Waals surface area contributed by atoms with Gasteiger partial charge in [0.25, 0.3) is 0 Å². The first-order valence-electron chi connectivity index (χ1n) is 12.8. The van der Waals surface area contributed by atoms with Crippen molar-refractivity contribution in [1.29, 1.82) is 0 Å². The van der Waals surface area contributed by atoms with Crippen molar-refractivity contribution in [3.05, 3.63) is 48.5 Å². The van der Waals surface area contributed by atoms with Crippen LogP contribution in [0.25, 0.3) is 28.4 Å². The molecule has 2 saturated heterocycles. The van der Waals surface area contributed by atoms with Crippen LogP contribution >= 0.6 is 0 Å². The van der Waals surface area contributed by atoms with Crippen molar-refractivity contribution in [3.8, 4) is 17.3 Å². The third-order valence-corrected chi connectivity index (χ3v) is 7.22. The van der Waals surface area contributed by atoms with Crippen molar-refractivity contribution in [2.45, 2.75) is 12.6 Å². The smallest absolute Gasteiger partial charge is 0.225 e. The number of halogens is 2. The van der Waals surface area contributed by atoms with Crippen LogP contribution in [0.4, 0.5) is 20.4 Å². The summed E-state index contributed by atoms with van der Waals surface area (Å²) >= 11 is 0. The predicted molar refractivity (Wildman–Crippen MR) is 138 cm³/mol. The van der Waals surface area contributed by atoms with E-state index in [9.17, 15) is 8.78 Å². The molecule has 5 aromatic rings. The van der Waals surface area contributed by atoms with Crippen LogP contribution in [0.3, 0.4) is 0 Å². The zero-order valence-corrected chi connectivity index (χ0v) is 20.9. The van der Waals surface area contributed by atoms with Gasteiger partial charge in [-0.3, -0.25) is 4.90 Å². The van der Waals surface area contributed by atoms with Crippen LogP contribution in [-0.4, -0.2) is 86.0 Å². The number of rotatable bonds is 7. The molecule has 0 radical (unpaired) electrons. The molecule has 0 spiro atoms. The first kappa shape index (κ1) is 23.8. The Balaban J connectivity index is 1.03. The molecule has 1 aromatic carbocycles. The van der Waals surface area contributed by atoms with Crippen molar-refractivity contribution in [1.82, 2.24) is 39.3 Å². The fourth-order valence-corrected chi connectivity index (χ4v) is 4.94. The third-order valence-electron chi connectivity index (χ3n) is 7.22. The van der Waals surface area contributed by atoms with E-state index in [0.717, 1.165) is 25.7 Å². The van der Waals surface area contributed by atoms with Gasteiger partial charge in [-0.2, -0.15) is 9.50 Å². The van der Waals surface area contributed by atoms with E-state index in [1.165, 1.54) is 10.6 Å². The molecule has 202 valence electrons. The zero-order chi connectivity index (χ0) is 26.5. The molecule has 0 aliphatic carbocycles. The van der Waals surface area contributed by atoms with Crippen LogP contribution in [0.5, 0.6) is 5.75 Å². The van der Waals surface area contributed by atoms with Crippen LogP contribution in [0.15, 0.2) is 41.3 Å². The number of fused-ring (bicyclic) bond motifs is 3. The molecule has 14 heteroatoms. The number of nitrogen functional groups attached to an aromatic ring is 1. The van der Waals surface area contributed by atoms with Gasteiger partial charge in [0.05, 0.1) is 18.3 Å². The molecule has 3 N–H and O–H groups in total. The van der Waals surface area contributed by atoms with Gasteiger partial charge in [-0.05, 0) is 12.1 Å². The number of nitrogens with two attached hydrogens (primary N) is 1. The maximum Gasteiger partial charge on any atom is 0.225 e. The van der Waals surface area contributed by atoms with Crippen molar-refractivity contribution >= 4 is 28.4 Å². The number of nitrogens with zero attached hydrogens (tertiary/aromatic N) is 8. The molecule has 0 unspecified atom stereocenters. The van der Waals surface area contributed by atoms with Gasteiger partial charge in [0.2, 0.25) is 11.8 Å². The summed E-state index contributed by atoms with van der Waals surface area (Å²) in [4.78, 5) is 17.8. The van der Waals surface area contributed by atoms with Gasteiger partial charge in [0, 0.05) is 64.5 Å². The Labute approximate surface area is 221 Å². The lowest BCUT2D eigenvalue weighted by Gasteiger charge is -2.36. The average molecular weight is 537 g/mol. The van der Waals surface area contributed by atoms with E-state index in [-0.39, 0.29) is 17.8 Å². The zero-order valence-electron chi connectivity index (χ0n) is 20.9. The van der Waals surface area contributed by atoms with Gasteiger partial charge in [0.1, 0.15) is 11.9 Å². The standard InChI is InChI=1S/C25H26F2N10O2/c26-16-10-17(27)20(39-15-12-29-13-15)11-18(16)35-6-3-34(4-7-35)5-8-36-14-30-21-23(36)32-25(28)37-24(21)31-22(33-37)19-2-1-9-38-19/h1-2,9-11,14-15,29H,3-8,12-13H2,(H2,28,32). The normalized spacial score (nSPS) is 16.8. The molecule has 0 atom stereocenters. The lowest BCUT2D eigenvalue weighted by Crippen LogP contribution is -2.50. The first-order chi connectivity index (χ1) is 19.0. The Kier molecular flexibility index (Phi) is 5.77. The number of anilines is 2. The minimum absolute atomic E-state index is 0.0855. The van der Waals surface area contributed by atoms with E-state index in [0.29, 0.717) is 66.8 Å². The largest absolute Gasteiger partial charge is 0.485 e. The summed E-state index contributed by atoms with van der Waals surface area (Å²) in [6.45, 7) is 5.37. The van der Waals surface area contributed by atoms with Gasteiger partial charge in [-0.1, -0.05) is 0 Å². The molecule has 4 aromatic heterocycles.